The summed E-state index contributed by atoms with van der Waals surface area (Å²) < 4.78 is 19.0. The van der Waals surface area contributed by atoms with Gasteiger partial charge in [0.1, 0.15) is 11.6 Å². The van der Waals surface area contributed by atoms with E-state index in [1.807, 2.05) is 0 Å². The number of carbonyl (C=O) groups excluding carboxylic acids is 1. The first-order valence-electron chi connectivity index (χ1n) is 7.69. The van der Waals surface area contributed by atoms with E-state index >= 15 is 0 Å². The van der Waals surface area contributed by atoms with Crippen LogP contribution in [0.25, 0.3) is 0 Å². The van der Waals surface area contributed by atoms with Gasteiger partial charge in [-0.15, -0.1) is 0 Å². The van der Waals surface area contributed by atoms with Gasteiger partial charge in [0, 0.05) is 5.56 Å². The summed E-state index contributed by atoms with van der Waals surface area (Å²) in [4.78, 5) is 12.5. The molecule has 1 aromatic heterocycles. The molecule has 1 saturated carbocycles. The van der Waals surface area contributed by atoms with Gasteiger partial charge in [-0.3, -0.25) is 4.79 Å². The maximum absolute atomic E-state index is 13.7. The second kappa shape index (κ2) is 6.56. The Kier molecular flexibility index (Phi) is 4.48. The Balaban J connectivity index is 1.91. The molecule has 0 aliphatic heterocycles. The lowest BCUT2D eigenvalue weighted by atomic mass is 9.74. The predicted molar refractivity (Wildman–Crippen MR) is 83.0 cm³/mol. The van der Waals surface area contributed by atoms with Crippen molar-refractivity contribution >= 4 is 5.91 Å². The lowest BCUT2D eigenvalue weighted by Gasteiger charge is -2.38. The van der Waals surface area contributed by atoms with Crippen molar-refractivity contribution in [3.8, 4) is 5.75 Å². The SMILES string of the molecule is COc1ccc(F)cc1[C@@H](NC(=O)c1n[nH]nc1C)C1CC(O)C1. The number of methoxy groups -OCH3 is 1. The van der Waals surface area contributed by atoms with Crippen molar-refractivity contribution in [3.05, 3.63) is 41.0 Å². The topological polar surface area (TPSA) is 100 Å². The summed E-state index contributed by atoms with van der Waals surface area (Å²) in [5, 5.41) is 22.6. The second-order valence-electron chi connectivity index (χ2n) is 5.98. The van der Waals surface area contributed by atoms with Crippen LogP contribution in [0.1, 0.15) is 40.6 Å². The van der Waals surface area contributed by atoms with Gasteiger partial charge >= 0.3 is 0 Å². The van der Waals surface area contributed by atoms with E-state index < -0.39 is 23.9 Å². The van der Waals surface area contributed by atoms with Gasteiger partial charge in [0.15, 0.2) is 5.69 Å². The van der Waals surface area contributed by atoms with Gasteiger partial charge in [-0.1, -0.05) is 0 Å². The molecule has 0 unspecified atom stereocenters. The Morgan fingerprint density at radius 2 is 2.21 bits per heavy atom. The monoisotopic (exact) mass is 334 g/mol. The highest BCUT2D eigenvalue weighted by Crippen LogP contribution is 2.41. The van der Waals surface area contributed by atoms with Crippen LogP contribution >= 0.6 is 0 Å². The van der Waals surface area contributed by atoms with E-state index in [1.54, 1.807) is 6.92 Å². The number of nitrogens with one attached hydrogen (secondary N) is 2. The molecule has 128 valence electrons. The van der Waals surface area contributed by atoms with Gasteiger partial charge in [0.2, 0.25) is 0 Å². The predicted octanol–water partition coefficient (Wildman–Crippen LogP) is 1.50. The van der Waals surface area contributed by atoms with E-state index in [2.05, 4.69) is 20.7 Å². The summed E-state index contributed by atoms with van der Waals surface area (Å²) in [5.41, 5.74) is 1.21. The van der Waals surface area contributed by atoms with Crippen LogP contribution in [0, 0.1) is 18.7 Å². The highest BCUT2D eigenvalue weighted by Gasteiger charge is 2.37. The van der Waals surface area contributed by atoms with E-state index in [0.29, 0.717) is 29.8 Å². The fourth-order valence-corrected chi connectivity index (χ4v) is 3.01. The first-order chi connectivity index (χ1) is 11.5. The van der Waals surface area contributed by atoms with Crippen LogP contribution in [0.4, 0.5) is 4.39 Å². The Morgan fingerprint density at radius 3 is 2.79 bits per heavy atom. The third-order valence-corrected chi connectivity index (χ3v) is 4.37. The number of aliphatic hydroxyl groups excluding tert-OH is 1. The number of aromatic nitrogens is 3. The zero-order valence-electron chi connectivity index (χ0n) is 13.4. The molecule has 0 bridgehead atoms. The zero-order valence-corrected chi connectivity index (χ0v) is 13.4. The number of aryl methyl sites for hydroxylation is 1. The molecule has 1 heterocycles. The van der Waals surface area contributed by atoms with Gasteiger partial charge in [0.05, 0.1) is 24.9 Å². The van der Waals surface area contributed by atoms with Gasteiger partial charge in [0.25, 0.3) is 5.91 Å². The van der Waals surface area contributed by atoms with E-state index in [9.17, 15) is 14.3 Å². The lowest BCUT2D eigenvalue weighted by Crippen LogP contribution is -2.41. The number of H-pyrrole nitrogens is 1. The molecule has 2 aromatic rings. The molecular formula is C16H19FN4O3. The van der Waals surface area contributed by atoms with Crippen molar-refractivity contribution < 1.29 is 19.0 Å². The zero-order chi connectivity index (χ0) is 17.3. The summed E-state index contributed by atoms with van der Waals surface area (Å²) in [6, 6.07) is 3.70. The van der Waals surface area contributed by atoms with Crippen molar-refractivity contribution in [1.29, 1.82) is 0 Å². The molecule has 1 fully saturated rings. The van der Waals surface area contributed by atoms with Crippen LogP contribution in [-0.4, -0.2) is 39.6 Å². The molecule has 7 nitrogen and oxygen atoms in total. The normalized spacial score (nSPS) is 21.0. The fourth-order valence-electron chi connectivity index (χ4n) is 3.01. The smallest absolute Gasteiger partial charge is 0.274 e. The maximum atomic E-state index is 13.7. The average Bonchev–Trinajstić information content (AvgIpc) is 2.96. The molecule has 24 heavy (non-hydrogen) atoms. The molecule has 3 rings (SSSR count). The third-order valence-electron chi connectivity index (χ3n) is 4.37. The standard InChI is InChI=1S/C16H19FN4O3/c1-8-14(20-21-19-8)16(23)18-15(9-5-11(22)6-9)12-7-10(17)3-4-13(12)24-2/h3-4,7,9,11,15,22H,5-6H2,1-2H3,(H,18,23)(H,19,20,21)/t9?,11?,15-/m0/s1. The Labute approximate surface area is 138 Å². The lowest BCUT2D eigenvalue weighted by molar-refractivity contribution is 0.0230. The van der Waals surface area contributed by atoms with Crippen LogP contribution in [-0.2, 0) is 0 Å². The first-order valence-corrected chi connectivity index (χ1v) is 7.69. The molecular weight excluding hydrogens is 315 g/mol. The van der Waals surface area contributed by atoms with Crippen LogP contribution in [0.15, 0.2) is 18.2 Å². The molecule has 0 saturated heterocycles. The summed E-state index contributed by atoms with van der Waals surface area (Å²) >= 11 is 0. The largest absolute Gasteiger partial charge is 0.496 e. The summed E-state index contributed by atoms with van der Waals surface area (Å²) in [6.07, 6.45) is 0.660. The van der Waals surface area contributed by atoms with Crippen molar-refractivity contribution in [1.82, 2.24) is 20.7 Å². The minimum absolute atomic E-state index is 0.00754. The van der Waals surface area contributed by atoms with Gasteiger partial charge in [-0.2, -0.15) is 15.4 Å². The highest BCUT2D eigenvalue weighted by molar-refractivity contribution is 5.93. The van der Waals surface area contributed by atoms with Gasteiger partial charge in [-0.25, -0.2) is 4.39 Å². The number of nitrogens with zero attached hydrogens (tertiary/aromatic N) is 2. The molecule has 1 amide bonds. The van der Waals surface area contributed by atoms with Gasteiger partial charge in [-0.05, 0) is 43.9 Å². The van der Waals surface area contributed by atoms with Crippen LogP contribution in [0.2, 0.25) is 0 Å². The van der Waals surface area contributed by atoms with E-state index in [-0.39, 0.29) is 11.6 Å². The van der Waals surface area contributed by atoms with Crippen molar-refractivity contribution in [2.45, 2.75) is 31.9 Å². The summed E-state index contributed by atoms with van der Waals surface area (Å²) in [7, 11) is 1.49. The number of aliphatic hydroxyl groups is 1. The number of rotatable bonds is 5. The molecule has 3 N–H and O–H groups in total. The summed E-state index contributed by atoms with van der Waals surface area (Å²) in [6.45, 7) is 1.67. The number of halogens is 1. The molecule has 8 heteroatoms. The Hall–Kier alpha value is -2.48. The Bertz CT molecular complexity index is 743. The van der Waals surface area contributed by atoms with Gasteiger partial charge < -0.3 is 15.2 Å². The third kappa shape index (κ3) is 3.09. The van der Waals surface area contributed by atoms with Crippen LogP contribution in [0.3, 0.4) is 0 Å². The first kappa shape index (κ1) is 16.4. The number of hydrogen-bond donors (Lipinski definition) is 3. The van der Waals surface area contributed by atoms with Crippen molar-refractivity contribution in [3.63, 3.8) is 0 Å². The van der Waals surface area contributed by atoms with Crippen molar-refractivity contribution in [2.24, 2.45) is 5.92 Å². The second-order valence-corrected chi connectivity index (χ2v) is 5.98. The molecule has 1 aliphatic carbocycles. The summed E-state index contributed by atoms with van der Waals surface area (Å²) in [5.74, 6) is -0.340. The molecule has 1 atom stereocenters. The highest BCUT2D eigenvalue weighted by atomic mass is 19.1. The maximum Gasteiger partial charge on any atom is 0.274 e. The number of aromatic amines is 1. The van der Waals surface area contributed by atoms with E-state index in [4.69, 9.17) is 4.74 Å². The number of benzene rings is 1. The number of amides is 1. The van der Waals surface area contributed by atoms with Crippen molar-refractivity contribution in [2.75, 3.05) is 7.11 Å². The average molecular weight is 334 g/mol. The van der Waals surface area contributed by atoms with Crippen LogP contribution < -0.4 is 10.1 Å². The minimum atomic E-state index is -0.484. The number of ether oxygens (including phenoxy) is 1. The van der Waals surface area contributed by atoms with E-state index in [1.165, 1.54) is 25.3 Å². The fraction of sp³-hybridized carbons (Fsp3) is 0.438. The number of hydrogen-bond acceptors (Lipinski definition) is 5. The molecule has 1 aromatic carbocycles. The molecule has 1 aliphatic rings. The quantitative estimate of drug-likeness (QED) is 0.769. The molecule has 0 radical (unpaired) electrons. The minimum Gasteiger partial charge on any atom is -0.496 e. The number of carbonyl (C=O) groups is 1. The van der Waals surface area contributed by atoms with E-state index in [0.717, 1.165) is 0 Å². The van der Waals surface area contributed by atoms with Crippen LogP contribution in [0.5, 0.6) is 5.75 Å². The Morgan fingerprint density at radius 1 is 1.46 bits per heavy atom. The molecule has 0 spiro atoms.